The van der Waals surface area contributed by atoms with Gasteiger partial charge in [-0.05, 0) is 32.4 Å². The number of unbranched alkanes of at least 4 members (excludes halogenated alkanes) is 13. The van der Waals surface area contributed by atoms with Crippen LogP contribution in [0.5, 0.6) is 0 Å². The summed E-state index contributed by atoms with van der Waals surface area (Å²) in [7, 11) is 0. The van der Waals surface area contributed by atoms with E-state index in [4.69, 9.17) is 5.73 Å². The molecule has 0 amide bonds. The minimum absolute atomic E-state index is 0.641. The van der Waals surface area contributed by atoms with Crippen LogP contribution in [-0.4, -0.2) is 19.1 Å². The highest BCUT2D eigenvalue weighted by molar-refractivity contribution is 4.64. The number of hydrogen-bond donors (Lipinski definition) is 2. The van der Waals surface area contributed by atoms with Gasteiger partial charge in [0, 0.05) is 6.04 Å². The highest BCUT2D eigenvalue weighted by Crippen LogP contribution is 2.12. The van der Waals surface area contributed by atoms with E-state index in [2.05, 4.69) is 19.2 Å². The Morgan fingerprint density at radius 3 is 1.48 bits per heavy atom. The molecule has 0 aromatic rings. The smallest absolute Gasteiger partial charge is 0.00764 e. The van der Waals surface area contributed by atoms with Gasteiger partial charge in [-0.1, -0.05) is 97.3 Å². The third kappa shape index (κ3) is 18.1. The van der Waals surface area contributed by atoms with E-state index in [0.717, 1.165) is 13.0 Å². The summed E-state index contributed by atoms with van der Waals surface area (Å²) in [5.41, 5.74) is 5.62. The molecule has 0 spiro atoms. The highest BCUT2D eigenvalue weighted by Gasteiger charge is 2.02. The Kier molecular flexibility index (Phi) is 19.9. The first kappa shape index (κ1) is 22.9. The fraction of sp³-hybridized carbons (Fsp3) is 1.00. The van der Waals surface area contributed by atoms with Gasteiger partial charge in [0.2, 0.25) is 0 Å². The summed E-state index contributed by atoms with van der Waals surface area (Å²) in [5.74, 6) is 0. The molecule has 0 fully saturated rings. The molecule has 0 bridgehead atoms. The molecule has 2 nitrogen and oxygen atoms in total. The molecule has 0 radical (unpaired) electrons. The maximum Gasteiger partial charge on any atom is 0.00764 e. The van der Waals surface area contributed by atoms with E-state index in [1.54, 1.807) is 0 Å². The second-order valence-corrected chi connectivity index (χ2v) is 7.23. The van der Waals surface area contributed by atoms with E-state index in [9.17, 15) is 0 Å². The maximum atomic E-state index is 5.62. The van der Waals surface area contributed by atoms with Crippen LogP contribution in [0.3, 0.4) is 0 Å². The Morgan fingerprint density at radius 2 is 1.09 bits per heavy atom. The largest absolute Gasteiger partial charge is 0.330 e. The molecule has 1 unspecified atom stereocenters. The van der Waals surface area contributed by atoms with Crippen LogP contribution in [0, 0.1) is 0 Å². The monoisotopic (exact) mass is 326 g/mol. The molecule has 0 aliphatic heterocycles. The van der Waals surface area contributed by atoms with Gasteiger partial charge in [-0.3, -0.25) is 0 Å². The van der Waals surface area contributed by atoms with Crippen molar-refractivity contribution in [3.8, 4) is 0 Å². The second kappa shape index (κ2) is 20.0. The quantitative estimate of drug-likeness (QED) is 0.278. The zero-order chi connectivity index (χ0) is 17.0. The minimum atomic E-state index is 0.641. The fourth-order valence-electron chi connectivity index (χ4n) is 3.28. The average molecular weight is 327 g/mol. The maximum absolute atomic E-state index is 5.62. The van der Waals surface area contributed by atoms with Crippen molar-refractivity contribution in [2.75, 3.05) is 13.1 Å². The summed E-state index contributed by atoms with van der Waals surface area (Å²) in [5, 5.41) is 3.63. The fourth-order valence-corrected chi connectivity index (χ4v) is 3.28. The van der Waals surface area contributed by atoms with Crippen LogP contribution in [0.15, 0.2) is 0 Å². The standard InChI is InChI=1S/C21H46N2/c1-3-5-6-7-8-9-10-11-12-13-14-15-16-17-20-23-21(4-2)18-19-22/h21,23H,3-20,22H2,1-2H3. The molecule has 0 heterocycles. The lowest BCUT2D eigenvalue weighted by Gasteiger charge is -2.15. The number of nitrogens with two attached hydrogens (primary N) is 1. The predicted octanol–water partition coefficient (Wildman–Crippen LogP) is 6.18. The van der Waals surface area contributed by atoms with Crippen molar-refractivity contribution in [1.29, 1.82) is 0 Å². The van der Waals surface area contributed by atoms with Crippen LogP contribution in [0.25, 0.3) is 0 Å². The highest BCUT2D eigenvalue weighted by atomic mass is 14.9. The van der Waals surface area contributed by atoms with Gasteiger partial charge < -0.3 is 11.1 Å². The van der Waals surface area contributed by atoms with E-state index in [0.29, 0.717) is 6.04 Å². The average Bonchev–Trinajstić information content (AvgIpc) is 2.57. The molecule has 0 aromatic heterocycles. The van der Waals surface area contributed by atoms with Crippen LogP contribution in [-0.2, 0) is 0 Å². The lowest BCUT2D eigenvalue weighted by molar-refractivity contribution is 0.457. The zero-order valence-electron chi connectivity index (χ0n) is 16.4. The van der Waals surface area contributed by atoms with Crippen molar-refractivity contribution >= 4 is 0 Å². The zero-order valence-corrected chi connectivity index (χ0v) is 16.4. The molecule has 0 aliphatic carbocycles. The predicted molar refractivity (Wildman–Crippen MR) is 106 cm³/mol. The van der Waals surface area contributed by atoms with Crippen molar-refractivity contribution in [3.05, 3.63) is 0 Å². The first-order chi connectivity index (χ1) is 11.3. The first-order valence-corrected chi connectivity index (χ1v) is 10.8. The molecule has 0 aromatic carbocycles. The second-order valence-electron chi connectivity index (χ2n) is 7.23. The number of hydrogen-bond acceptors (Lipinski definition) is 2. The molecular formula is C21H46N2. The van der Waals surface area contributed by atoms with Gasteiger partial charge in [-0.25, -0.2) is 0 Å². The molecule has 140 valence electrons. The van der Waals surface area contributed by atoms with Crippen LogP contribution in [0.1, 0.15) is 117 Å². The van der Waals surface area contributed by atoms with Gasteiger partial charge >= 0.3 is 0 Å². The Hall–Kier alpha value is -0.0800. The summed E-state index contributed by atoms with van der Waals surface area (Å²) in [6, 6.07) is 0.641. The summed E-state index contributed by atoms with van der Waals surface area (Å²) >= 11 is 0. The topological polar surface area (TPSA) is 38.0 Å². The number of nitrogens with one attached hydrogen (secondary N) is 1. The third-order valence-corrected chi connectivity index (χ3v) is 4.97. The van der Waals surface area contributed by atoms with Gasteiger partial charge in [0.15, 0.2) is 0 Å². The molecule has 0 saturated heterocycles. The van der Waals surface area contributed by atoms with E-state index in [1.165, 1.54) is 103 Å². The molecule has 0 rings (SSSR count). The Morgan fingerprint density at radius 1 is 0.652 bits per heavy atom. The van der Waals surface area contributed by atoms with Crippen LogP contribution >= 0.6 is 0 Å². The van der Waals surface area contributed by atoms with Crippen molar-refractivity contribution in [3.63, 3.8) is 0 Å². The molecule has 0 aliphatic rings. The summed E-state index contributed by atoms with van der Waals surface area (Å²) in [6.07, 6.45) is 22.4. The SMILES string of the molecule is CCCCCCCCCCCCCCCCNC(CC)CCN. The summed E-state index contributed by atoms with van der Waals surface area (Å²) in [6.45, 7) is 6.53. The number of rotatable bonds is 19. The molecule has 1 atom stereocenters. The van der Waals surface area contributed by atoms with Crippen LogP contribution in [0.2, 0.25) is 0 Å². The molecule has 2 heteroatoms. The Bertz CT molecular complexity index is 206. The van der Waals surface area contributed by atoms with Crippen molar-refractivity contribution in [1.82, 2.24) is 5.32 Å². The molecule has 0 saturated carbocycles. The molecule has 3 N–H and O–H groups in total. The Balaban J connectivity index is 3.07. The van der Waals surface area contributed by atoms with Gasteiger partial charge in [-0.15, -0.1) is 0 Å². The van der Waals surface area contributed by atoms with Crippen LogP contribution < -0.4 is 11.1 Å². The van der Waals surface area contributed by atoms with Gasteiger partial charge in [-0.2, -0.15) is 0 Å². The van der Waals surface area contributed by atoms with Gasteiger partial charge in [0.05, 0.1) is 0 Å². The normalized spacial score (nSPS) is 12.7. The van der Waals surface area contributed by atoms with E-state index in [1.807, 2.05) is 0 Å². The summed E-state index contributed by atoms with van der Waals surface area (Å²) < 4.78 is 0. The van der Waals surface area contributed by atoms with Crippen molar-refractivity contribution in [2.24, 2.45) is 5.73 Å². The Labute approximate surface area is 147 Å². The van der Waals surface area contributed by atoms with E-state index in [-0.39, 0.29) is 0 Å². The van der Waals surface area contributed by atoms with Gasteiger partial charge in [0.1, 0.15) is 0 Å². The van der Waals surface area contributed by atoms with Crippen molar-refractivity contribution in [2.45, 2.75) is 123 Å². The van der Waals surface area contributed by atoms with E-state index < -0.39 is 0 Å². The minimum Gasteiger partial charge on any atom is -0.330 e. The molecule has 23 heavy (non-hydrogen) atoms. The third-order valence-electron chi connectivity index (χ3n) is 4.97. The lowest BCUT2D eigenvalue weighted by Crippen LogP contribution is -2.31. The van der Waals surface area contributed by atoms with Crippen LogP contribution in [0.4, 0.5) is 0 Å². The van der Waals surface area contributed by atoms with Crippen molar-refractivity contribution < 1.29 is 0 Å². The summed E-state index contributed by atoms with van der Waals surface area (Å²) in [4.78, 5) is 0. The lowest BCUT2D eigenvalue weighted by atomic mass is 10.0. The van der Waals surface area contributed by atoms with E-state index >= 15 is 0 Å². The first-order valence-electron chi connectivity index (χ1n) is 10.8. The molecular weight excluding hydrogens is 280 g/mol. The van der Waals surface area contributed by atoms with Gasteiger partial charge in [0.25, 0.3) is 0 Å².